The number of anilines is 1. The van der Waals surface area contributed by atoms with Crippen LogP contribution in [-0.4, -0.2) is 54.8 Å². The highest BCUT2D eigenvalue weighted by atomic mass is 16.6. The summed E-state index contributed by atoms with van der Waals surface area (Å²) in [5, 5.41) is 28.1. The number of nitrogens with zero attached hydrogens (tertiary/aromatic N) is 3. The topological polar surface area (TPSA) is 144 Å². The predicted molar refractivity (Wildman–Crippen MR) is 53.7 cm³/mol. The van der Waals surface area contributed by atoms with Crippen LogP contribution in [0.15, 0.2) is 11.1 Å². The number of nitrogens with two attached hydrogens (primary N) is 1. The highest BCUT2D eigenvalue weighted by Crippen LogP contribution is 2.27. The third-order valence-corrected chi connectivity index (χ3v) is 2.54. The summed E-state index contributed by atoms with van der Waals surface area (Å²) in [4.78, 5) is 18.4. The summed E-state index contributed by atoms with van der Waals surface area (Å²) in [5.74, 6) is -0.196. The Morgan fingerprint density at radius 3 is 2.71 bits per heavy atom. The Kier molecular flexibility index (Phi) is 3.07. The zero-order valence-electron chi connectivity index (χ0n) is 8.67. The van der Waals surface area contributed by atoms with E-state index in [-0.39, 0.29) is 5.95 Å². The van der Waals surface area contributed by atoms with Crippen molar-refractivity contribution in [2.45, 2.75) is 24.5 Å². The molecule has 1 aromatic rings. The maximum atomic E-state index is 11.5. The second-order valence-electron chi connectivity index (χ2n) is 3.63. The summed E-state index contributed by atoms with van der Waals surface area (Å²) in [7, 11) is 0. The van der Waals surface area contributed by atoms with Crippen LogP contribution in [0.1, 0.15) is 6.23 Å². The largest absolute Gasteiger partial charge is 0.394 e. The SMILES string of the molecule is [15NH2]c1[15n]c[15n]([C@@H]2O[C@H](CO)C(O)[C@@H]2O)c(=O)[15n]1. The third kappa shape index (κ3) is 2.00. The lowest BCUT2D eigenvalue weighted by molar-refractivity contribution is -0.0554. The van der Waals surface area contributed by atoms with Crippen molar-refractivity contribution in [2.75, 3.05) is 12.3 Å². The van der Waals surface area contributed by atoms with Crippen LogP contribution in [-0.2, 0) is 4.74 Å². The van der Waals surface area contributed by atoms with Crippen molar-refractivity contribution in [2.24, 2.45) is 0 Å². The van der Waals surface area contributed by atoms with Gasteiger partial charge < -0.3 is 25.8 Å². The van der Waals surface area contributed by atoms with Crippen molar-refractivity contribution in [3.05, 3.63) is 16.8 Å². The summed E-state index contributed by atoms with van der Waals surface area (Å²) in [6.45, 7) is -0.473. The van der Waals surface area contributed by atoms with Crippen LogP contribution in [0.2, 0.25) is 0 Å². The Bertz CT molecular complexity index is 463. The van der Waals surface area contributed by atoms with Crippen molar-refractivity contribution in [1.82, 2.24) is 14.5 Å². The van der Waals surface area contributed by atoms with Gasteiger partial charge in [-0.2, -0.15) is 4.98 Å². The van der Waals surface area contributed by atoms with Crippen LogP contribution in [0.4, 0.5) is 5.95 Å². The fraction of sp³-hybridized carbons (Fsp3) is 0.625. The van der Waals surface area contributed by atoms with E-state index in [9.17, 15) is 15.0 Å². The third-order valence-electron chi connectivity index (χ3n) is 2.54. The molecule has 5 N–H and O–H groups in total. The fourth-order valence-electron chi connectivity index (χ4n) is 1.64. The van der Waals surface area contributed by atoms with E-state index in [0.717, 1.165) is 10.9 Å². The summed E-state index contributed by atoms with van der Waals surface area (Å²) in [6.07, 6.45) is -3.67. The molecule has 0 aliphatic carbocycles. The molecule has 0 aromatic carbocycles. The lowest BCUT2D eigenvalue weighted by Gasteiger charge is -2.16. The van der Waals surface area contributed by atoms with Crippen LogP contribution >= 0.6 is 0 Å². The first kappa shape index (κ1) is 11.9. The number of nitrogen functional groups attached to an aromatic ring is 1. The van der Waals surface area contributed by atoms with Gasteiger partial charge in [0.05, 0.1) is 6.61 Å². The van der Waals surface area contributed by atoms with Crippen molar-refractivity contribution >= 4 is 5.95 Å². The normalized spacial score (nSPS) is 32.9. The first-order chi connectivity index (χ1) is 8.04. The van der Waals surface area contributed by atoms with E-state index in [1.165, 1.54) is 0 Å². The molecular formula is C8H12N4O5. The van der Waals surface area contributed by atoms with Crippen LogP contribution in [0.5, 0.6) is 0 Å². The van der Waals surface area contributed by atoms with Crippen LogP contribution in [0, 0.1) is 0 Å². The molecule has 4 atom stereocenters. The maximum Gasteiger partial charge on any atom is 0.354 e. The van der Waals surface area contributed by atoms with Gasteiger partial charge in [0.15, 0.2) is 6.23 Å². The minimum absolute atomic E-state index is 0.196. The van der Waals surface area contributed by atoms with E-state index < -0.39 is 36.8 Å². The van der Waals surface area contributed by atoms with E-state index in [0.29, 0.717) is 0 Å². The monoisotopic (exact) mass is 248 g/mol. The molecule has 0 spiro atoms. The van der Waals surface area contributed by atoms with E-state index in [2.05, 4.69) is 9.97 Å². The molecule has 1 aliphatic heterocycles. The number of aliphatic hydroxyl groups excluding tert-OH is 3. The second kappa shape index (κ2) is 4.37. The minimum atomic E-state index is -1.35. The Labute approximate surface area is 95.1 Å². The first-order valence-corrected chi connectivity index (χ1v) is 4.87. The number of ether oxygens (including phenoxy) is 1. The van der Waals surface area contributed by atoms with Crippen LogP contribution < -0.4 is 11.4 Å². The van der Waals surface area contributed by atoms with Gasteiger partial charge in [-0.3, -0.25) is 4.57 Å². The minimum Gasteiger partial charge on any atom is -0.394 e. The summed E-state index contributed by atoms with van der Waals surface area (Å²) >= 11 is 0. The summed E-state index contributed by atoms with van der Waals surface area (Å²) in [5.41, 5.74) is 4.46. The smallest absolute Gasteiger partial charge is 0.354 e. The molecule has 0 saturated carbocycles. The van der Waals surface area contributed by atoms with Crippen molar-refractivity contribution in [3.8, 4) is 0 Å². The molecule has 1 fully saturated rings. The Morgan fingerprint density at radius 2 is 2.18 bits per heavy atom. The molecule has 0 radical (unpaired) electrons. The number of hydrogen-bond acceptors (Lipinski definition) is 8. The molecule has 0 bridgehead atoms. The highest BCUT2D eigenvalue weighted by Gasteiger charge is 2.43. The maximum absolute atomic E-state index is 11.5. The zero-order valence-corrected chi connectivity index (χ0v) is 8.67. The number of hydrogen-bond donors (Lipinski definition) is 4. The van der Waals surface area contributed by atoms with Crippen LogP contribution in [0.3, 0.4) is 0 Å². The van der Waals surface area contributed by atoms with Gasteiger partial charge in [-0.1, -0.05) is 0 Å². The molecule has 2 heterocycles. The van der Waals surface area contributed by atoms with Crippen molar-refractivity contribution in [3.63, 3.8) is 0 Å². The lowest BCUT2D eigenvalue weighted by atomic mass is 10.1. The molecule has 9 nitrogen and oxygen atoms in total. The molecule has 1 aromatic heterocycles. The number of rotatable bonds is 2. The van der Waals surface area contributed by atoms with Gasteiger partial charge in [0.2, 0.25) is 5.95 Å². The highest BCUT2D eigenvalue weighted by molar-refractivity contribution is 5.10. The zero-order chi connectivity index (χ0) is 12.6. The summed E-state index contributed by atoms with van der Waals surface area (Å²) < 4.78 is 6.04. The van der Waals surface area contributed by atoms with Gasteiger partial charge in [-0.25, -0.2) is 9.78 Å². The Balaban J connectivity index is 2.32. The average molecular weight is 248 g/mol. The molecule has 1 saturated heterocycles. The standard InChI is InChI=1S/C8H12N4O5/c9-7-10-2-12(8(16)11-7)6-5(15)4(14)3(1-13)17-6/h2-6,13-15H,1H2,(H2,9,11,16)/t3-,4?,5+,6-/m1/s1/i9+1,10+1,11+1,12+1. The van der Waals surface area contributed by atoms with E-state index in [4.69, 9.17) is 15.6 Å². The van der Waals surface area contributed by atoms with Crippen LogP contribution in [0.25, 0.3) is 0 Å². The van der Waals surface area contributed by atoms with Gasteiger partial charge in [-0.15, -0.1) is 0 Å². The molecule has 94 valence electrons. The van der Waals surface area contributed by atoms with E-state index in [1.807, 2.05) is 0 Å². The second-order valence-corrected chi connectivity index (χ2v) is 3.63. The lowest BCUT2D eigenvalue weighted by Crippen LogP contribution is -2.36. The molecule has 1 unspecified atom stereocenters. The molecule has 0 amide bonds. The Hall–Kier alpha value is -1.55. The van der Waals surface area contributed by atoms with Gasteiger partial charge in [0.25, 0.3) is 0 Å². The van der Waals surface area contributed by atoms with Gasteiger partial charge in [-0.05, 0) is 0 Å². The van der Waals surface area contributed by atoms with E-state index >= 15 is 0 Å². The molecular weight excluding hydrogens is 236 g/mol. The van der Waals surface area contributed by atoms with Gasteiger partial charge >= 0.3 is 5.69 Å². The fourth-order valence-corrected chi connectivity index (χ4v) is 1.64. The van der Waals surface area contributed by atoms with E-state index in [1.54, 1.807) is 0 Å². The quantitative estimate of drug-likeness (QED) is 0.401. The van der Waals surface area contributed by atoms with Crippen molar-refractivity contribution < 1.29 is 20.1 Å². The van der Waals surface area contributed by atoms with Gasteiger partial charge in [0.1, 0.15) is 24.6 Å². The average Bonchev–Trinajstić information content (AvgIpc) is 2.57. The molecule has 17 heavy (non-hydrogen) atoms. The first-order valence-electron chi connectivity index (χ1n) is 4.87. The number of aliphatic hydroxyl groups is 3. The molecule has 2 rings (SSSR count). The van der Waals surface area contributed by atoms with Crippen molar-refractivity contribution in [1.29, 1.82) is 0 Å². The Morgan fingerprint density at radius 1 is 1.47 bits per heavy atom. The van der Waals surface area contributed by atoms with Gasteiger partial charge in [0, 0.05) is 0 Å². The number of aromatic nitrogens is 3. The molecule has 1 aliphatic rings. The molecule has 9 heteroatoms. The summed E-state index contributed by atoms with van der Waals surface area (Å²) in [6, 6.07) is 0. The predicted octanol–water partition coefficient (Wildman–Crippen LogP) is -3.17.